The van der Waals surface area contributed by atoms with E-state index in [0.29, 0.717) is 33.2 Å². The Bertz CT molecular complexity index is 3370. The second kappa shape index (κ2) is 11.4. The fraction of sp³-hybridized carbons (Fsp3) is 0. The zero-order chi connectivity index (χ0) is 40.9. The molecule has 0 aliphatic heterocycles. The molecule has 10 aromatic rings. The van der Waals surface area contributed by atoms with Crippen LogP contribution in [0, 0.1) is 0 Å². The van der Waals surface area contributed by atoms with Gasteiger partial charge in [0, 0.05) is 32.7 Å². The molecule has 7 aromatic carbocycles. The van der Waals surface area contributed by atoms with E-state index in [2.05, 4.69) is 0 Å². The van der Waals surface area contributed by atoms with E-state index in [1.54, 1.807) is 22.8 Å². The van der Waals surface area contributed by atoms with Crippen LogP contribution in [0.25, 0.3) is 94.7 Å². The summed E-state index contributed by atoms with van der Waals surface area (Å²) < 4.78 is 85.7. The van der Waals surface area contributed by atoms with Gasteiger partial charge in [0.2, 0.25) is 5.95 Å². The highest BCUT2D eigenvalue weighted by molar-refractivity contribution is 6.12. The van der Waals surface area contributed by atoms with Gasteiger partial charge < -0.3 is 4.42 Å². The highest BCUT2D eigenvalue weighted by Crippen LogP contribution is 2.38. The van der Waals surface area contributed by atoms with Gasteiger partial charge in [0.15, 0.2) is 11.6 Å². The highest BCUT2D eigenvalue weighted by Gasteiger charge is 2.21. The molecular weight excluding hydrogens is 613 g/mol. The Morgan fingerprint density at radius 2 is 1.18 bits per heavy atom. The van der Waals surface area contributed by atoms with Crippen LogP contribution in [0.4, 0.5) is 0 Å². The lowest BCUT2D eigenvalue weighted by Crippen LogP contribution is -2.06. The molecule has 0 spiro atoms. The fourth-order valence-electron chi connectivity index (χ4n) is 6.62. The summed E-state index contributed by atoms with van der Waals surface area (Å²) in [6.45, 7) is 0. The topological polar surface area (TPSA) is 56.7 Å². The summed E-state index contributed by atoms with van der Waals surface area (Å²) in [6, 6.07) is 31.9. The Labute approximate surface area is 300 Å². The van der Waals surface area contributed by atoms with Crippen molar-refractivity contribution in [1.29, 1.82) is 0 Å². The van der Waals surface area contributed by atoms with Gasteiger partial charge in [0.1, 0.15) is 11.2 Å². The van der Waals surface area contributed by atoms with Crippen molar-refractivity contribution in [1.82, 2.24) is 19.5 Å². The Morgan fingerprint density at radius 3 is 2.10 bits per heavy atom. The zero-order valence-corrected chi connectivity index (χ0v) is 26.2. The quantitative estimate of drug-likeness (QED) is 0.186. The van der Waals surface area contributed by atoms with Crippen LogP contribution in [0.5, 0.6) is 0 Å². The van der Waals surface area contributed by atoms with Crippen molar-refractivity contribution in [2.75, 3.05) is 0 Å². The third-order valence-corrected chi connectivity index (χ3v) is 8.88. The van der Waals surface area contributed by atoms with Crippen LogP contribution in [0.3, 0.4) is 0 Å². The first-order valence-corrected chi connectivity index (χ1v) is 16.0. The van der Waals surface area contributed by atoms with E-state index in [1.807, 2.05) is 97.1 Å². The van der Waals surface area contributed by atoms with Crippen molar-refractivity contribution in [2.24, 2.45) is 0 Å². The van der Waals surface area contributed by atoms with Crippen molar-refractivity contribution >= 4 is 43.7 Å². The number of para-hydroxylation sites is 2. The number of hydrogen-bond donors (Lipinski definition) is 0. The molecule has 50 heavy (non-hydrogen) atoms. The standard InChI is InChI=1S/C45H28N4O/c1-3-13-29(14-4-1)31-17-11-18-33(27-31)43-46-44(37-21-12-24-41-42(37)36-20-8-10-23-40(36)50-41)48-45(47-43)49-38-22-9-7-19-34(38)35-26-25-32(28-39(35)49)30-15-5-2-6-16-30/h1-28H/i2D,5D,6D,7D,9D,15D,16D,19D,22D. The third kappa shape index (κ3) is 4.60. The lowest BCUT2D eigenvalue weighted by atomic mass is 10.0. The summed E-state index contributed by atoms with van der Waals surface area (Å²) in [6.07, 6.45) is 0. The number of furan rings is 1. The van der Waals surface area contributed by atoms with Gasteiger partial charge in [0.05, 0.1) is 23.4 Å². The third-order valence-electron chi connectivity index (χ3n) is 8.88. The molecule has 0 bridgehead atoms. The summed E-state index contributed by atoms with van der Waals surface area (Å²) in [4.78, 5) is 15.2. The Morgan fingerprint density at radius 1 is 0.460 bits per heavy atom. The number of rotatable bonds is 5. The molecule has 0 amide bonds. The van der Waals surface area contributed by atoms with E-state index in [4.69, 9.17) is 30.3 Å². The first-order chi connectivity index (χ1) is 28.5. The van der Waals surface area contributed by atoms with E-state index in [1.165, 1.54) is 0 Å². The van der Waals surface area contributed by atoms with Crippen molar-refractivity contribution in [3.05, 3.63) is 170 Å². The first-order valence-electron chi connectivity index (χ1n) is 20.5. The molecule has 0 unspecified atom stereocenters. The van der Waals surface area contributed by atoms with Crippen molar-refractivity contribution < 1.29 is 16.8 Å². The van der Waals surface area contributed by atoms with Gasteiger partial charge in [-0.1, -0.05) is 139 Å². The summed E-state index contributed by atoms with van der Waals surface area (Å²) in [5.41, 5.74) is 5.15. The SMILES string of the molecule is [2H]c1c([2H])c([2H])c(-c2ccc3c4c([2H])c([2H])c([2H])c([2H])c4n(-c4nc(-c5cccc(-c6ccccc6)c5)nc(-c5cccc6oc7ccccc7c56)n4)c3c2)c([2H])c1[2H]. The molecule has 0 fully saturated rings. The molecule has 5 heteroatoms. The van der Waals surface area contributed by atoms with Crippen LogP contribution < -0.4 is 0 Å². The fourth-order valence-corrected chi connectivity index (χ4v) is 6.62. The monoisotopic (exact) mass is 649 g/mol. The molecule has 5 nitrogen and oxygen atoms in total. The number of hydrogen-bond acceptors (Lipinski definition) is 4. The summed E-state index contributed by atoms with van der Waals surface area (Å²) in [5, 5.41) is 2.25. The number of fused-ring (bicyclic) bond motifs is 6. The van der Waals surface area contributed by atoms with Crippen molar-refractivity contribution in [3.8, 4) is 51.0 Å². The van der Waals surface area contributed by atoms with Gasteiger partial charge >= 0.3 is 0 Å². The molecule has 0 aliphatic rings. The molecule has 0 atom stereocenters. The van der Waals surface area contributed by atoms with Gasteiger partial charge in [-0.05, 0) is 52.6 Å². The Hall–Kier alpha value is -6.85. The predicted octanol–water partition coefficient (Wildman–Crippen LogP) is 11.5. The Balaban J connectivity index is 1.33. The van der Waals surface area contributed by atoms with Crippen LogP contribution in [-0.4, -0.2) is 19.5 Å². The van der Waals surface area contributed by atoms with Gasteiger partial charge in [-0.25, -0.2) is 4.98 Å². The average molecular weight is 650 g/mol. The second-order valence-electron chi connectivity index (χ2n) is 11.8. The summed E-state index contributed by atoms with van der Waals surface area (Å²) >= 11 is 0. The van der Waals surface area contributed by atoms with Crippen molar-refractivity contribution in [3.63, 3.8) is 0 Å². The minimum atomic E-state index is -0.524. The molecular formula is C45H28N4O. The molecule has 0 aliphatic carbocycles. The highest BCUT2D eigenvalue weighted by atomic mass is 16.3. The normalized spacial score (nSPS) is 14.1. The predicted molar refractivity (Wildman–Crippen MR) is 203 cm³/mol. The van der Waals surface area contributed by atoms with Crippen LogP contribution in [0.15, 0.2) is 174 Å². The van der Waals surface area contributed by atoms with Crippen LogP contribution >= 0.6 is 0 Å². The number of nitrogens with zero attached hydrogens (tertiary/aromatic N) is 4. The lowest BCUT2D eigenvalue weighted by molar-refractivity contribution is 0.669. The molecule has 0 radical (unpaired) electrons. The maximum absolute atomic E-state index is 9.22. The van der Waals surface area contributed by atoms with Crippen molar-refractivity contribution in [2.45, 2.75) is 0 Å². The van der Waals surface area contributed by atoms with E-state index < -0.39 is 42.3 Å². The maximum Gasteiger partial charge on any atom is 0.238 e. The molecule has 0 saturated carbocycles. The van der Waals surface area contributed by atoms with Gasteiger partial charge in [0.25, 0.3) is 0 Å². The summed E-state index contributed by atoms with van der Waals surface area (Å²) in [5.74, 6) is 0.582. The molecule has 3 heterocycles. The maximum atomic E-state index is 9.22. The van der Waals surface area contributed by atoms with E-state index in [-0.39, 0.29) is 51.7 Å². The lowest BCUT2D eigenvalue weighted by Gasteiger charge is -2.12. The first kappa shape index (κ1) is 20.5. The largest absolute Gasteiger partial charge is 0.456 e. The van der Waals surface area contributed by atoms with E-state index in [0.717, 1.165) is 21.9 Å². The molecule has 0 N–H and O–H groups in total. The molecule has 234 valence electrons. The number of aromatic nitrogens is 4. The van der Waals surface area contributed by atoms with E-state index in [9.17, 15) is 1.37 Å². The minimum absolute atomic E-state index is 0.0307. The second-order valence-corrected chi connectivity index (χ2v) is 11.8. The van der Waals surface area contributed by atoms with Crippen LogP contribution in [-0.2, 0) is 0 Å². The number of benzene rings is 7. The van der Waals surface area contributed by atoms with Gasteiger partial charge in [-0.3, -0.25) is 4.57 Å². The zero-order valence-electron chi connectivity index (χ0n) is 35.2. The average Bonchev–Trinajstić information content (AvgIpc) is 3.83. The van der Waals surface area contributed by atoms with Gasteiger partial charge in [-0.15, -0.1) is 0 Å². The van der Waals surface area contributed by atoms with Gasteiger partial charge in [-0.2, -0.15) is 9.97 Å². The van der Waals surface area contributed by atoms with Crippen LogP contribution in [0.1, 0.15) is 12.3 Å². The Kier molecular flexibility index (Phi) is 4.67. The van der Waals surface area contributed by atoms with Crippen LogP contribution in [0.2, 0.25) is 0 Å². The summed E-state index contributed by atoms with van der Waals surface area (Å²) in [7, 11) is 0. The smallest absolute Gasteiger partial charge is 0.238 e. The van der Waals surface area contributed by atoms with E-state index >= 15 is 0 Å². The molecule has 3 aromatic heterocycles. The minimum Gasteiger partial charge on any atom is -0.456 e. The molecule has 0 saturated heterocycles. The molecule has 10 rings (SSSR count).